The molecule has 1 aromatic carbocycles. The molecule has 0 aliphatic rings. The monoisotopic (exact) mass is 276 g/mol. The molecule has 0 spiro atoms. The summed E-state index contributed by atoms with van der Waals surface area (Å²) in [4.78, 5) is 14.4. The zero-order valence-electron chi connectivity index (χ0n) is 10.8. The van der Waals surface area contributed by atoms with Gasteiger partial charge in [-0.2, -0.15) is 0 Å². The molecule has 6 heteroatoms. The lowest BCUT2D eigenvalue weighted by molar-refractivity contribution is 0.0690. The van der Waals surface area contributed by atoms with E-state index in [1.807, 2.05) is 0 Å². The number of rotatable bonds is 5. The van der Waals surface area contributed by atoms with E-state index in [0.717, 1.165) is 0 Å². The number of nitrogens with one attached hydrogen (secondary N) is 1. The summed E-state index contributed by atoms with van der Waals surface area (Å²) in [7, 11) is 0. The summed E-state index contributed by atoms with van der Waals surface area (Å²) >= 11 is 0. The summed E-state index contributed by atoms with van der Waals surface area (Å²) in [6.07, 6.45) is 1.37. The third kappa shape index (κ3) is 3.23. The van der Waals surface area contributed by atoms with E-state index in [4.69, 9.17) is 9.84 Å². The van der Waals surface area contributed by atoms with Crippen LogP contribution in [0.2, 0.25) is 0 Å². The maximum absolute atomic E-state index is 13.7. The van der Waals surface area contributed by atoms with E-state index >= 15 is 0 Å². The summed E-state index contributed by atoms with van der Waals surface area (Å²) in [5, 5.41) is 11.7. The molecule has 0 bridgehead atoms. The molecular weight excluding hydrogens is 263 g/mol. The Morgan fingerprint density at radius 1 is 1.35 bits per heavy atom. The molecular formula is C14H13FN2O3. The number of aromatic carboxylic acids is 1. The van der Waals surface area contributed by atoms with E-state index in [1.54, 1.807) is 19.1 Å². The fourth-order valence-electron chi connectivity index (χ4n) is 1.61. The van der Waals surface area contributed by atoms with E-state index in [0.29, 0.717) is 18.0 Å². The summed E-state index contributed by atoms with van der Waals surface area (Å²) in [6.45, 7) is 2.17. The molecule has 0 fully saturated rings. The predicted octanol–water partition coefficient (Wildman–Crippen LogP) is 3.06. The number of aromatic nitrogens is 1. The molecule has 0 amide bonds. The SMILES string of the molecule is CCOc1ccc(Nc2ccc(C(=O)O)nc2)cc1F. The molecule has 0 unspecified atom stereocenters. The summed E-state index contributed by atoms with van der Waals surface area (Å²) in [5.74, 6) is -1.37. The van der Waals surface area contributed by atoms with Crippen molar-refractivity contribution in [2.75, 3.05) is 11.9 Å². The van der Waals surface area contributed by atoms with E-state index in [2.05, 4.69) is 10.3 Å². The van der Waals surface area contributed by atoms with Gasteiger partial charge in [0.25, 0.3) is 0 Å². The second-order valence-corrected chi connectivity index (χ2v) is 3.94. The molecule has 0 atom stereocenters. The second kappa shape index (κ2) is 6.01. The Kier molecular flexibility index (Phi) is 4.14. The Morgan fingerprint density at radius 3 is 2.65 bits per heavy atom. The van der Waals surface area contributed by atoms with Crippen LogP contribution in [-0.2, 0) is 0 Å². The number of nitrogens with zero attached hydrogens (tertiary/aromatic N) is 1. The van der Waals surface area contributed by atoms with Crippen LogP contribution < -0.4 is 10.1 Å². The lowest BCUT2D eigenvalue weighted by Crippen LogP contribution is -2.00. The van der Waals surface area contributed by atoms with Gasteiger partial charge in [-0.1, -0.05) is 0 Å². The number of carboxylic acids is 1. The van der Waals surface area contributed by atoms with E-state index in [1.165, 1.54) is 24.4 Å². The van der Waals surface area contributed by atoms with Crippen LogP contribution in [0.15, 0.2) is 36.5 Å². The number of pyridine rings is 1. The first-order valence-electron chi connectivity index (χ1n) is 5.99. The molecule has 104 valence electrons. The van der Waals surface area contributed by atoms with E-state index in [-0.39, 0.29) is 11.4 Å². The highest BCUT2D eigenvalue weighted by Gasteiger charge is 2.06. The van der Waals surface area contributed by atoms with Crippen molar-refractivity contribution >= 4 is 17.3 Å². The van der Waals surface area contributed by atoms with Crippen molar-refractivity contribution in [3.8, 4) is 5.75 Å². The number of benzene rings is 1. The Hall–Kier alpha value is -2.63. The average Bonchev–Trinajstić information content (AvgIpc) is 2.42. The van der Waals surface area contributed by atoms with Gasteiger partial charge < -0.3 is 15.2 Å². The van der Waals surface area contributed by atoms with Gasteiger partial charge in [0.1, 0.15) is 5.69 Å². The van der Waals surface area contributed by atoms with Crippen LogP contribution in [0.1, 0.15) is 17.4 Å². The number of hydrogen-bond donors (Lipinski definition) is 2. The molecule has 0 aliphatic heterocycles. The molecule has 0 aliphatic carbocycles. The summed E-state index contributed by atoms with van der Waals surface area (Å²) < 4.78 is 18.8. The highest BCUT2D eigenvalue weighted by atomic mass is 19.1. The van der Waals surface area contributed by atoms with Crippen LogP contribution >= 0.6 is 0 Å². The summed E-state index contributed by atoms with van der Waals surface area (Å²) in [5.41, 5.74) is 1.04. The maximum Gasteiger partial charge on any atom is 0.354 e. The molecule has 1 heterocycles. The van der Waals surface area contributed by atoms with Crippen LogP contribution in [0.5, 0.6) is 5.75 Å². The maximum atomic E-state index is 13.7. The number of halogens is 1. The highest BCUT2D eigenvalue weighted by molar-refractivity contribution is 5.85. The minimum atomic E-state index is -1.09. The molecule has 2 rings (SSSR count). The van der Waals surface area contributed by atoms with Crippen molar-refractivity contribution < 1.29 is 19.0 Å². The van der Waals surface area contributed by atoms with Crippen molar-refractivity contribution in [1.82, 2.24) is 4.98 Å². The Labute approximate surface area is 115 Å². The number of ether oxygens (including phenoxy) is 1. The van der Waals surface area contributed by atoms with Crippen molar-refractivity contribution in [3.63, 3.8) is 0 Å². The molecule has 20 heavy (non-hydrogen) atoms. The van der Waals surface area contributed by atoms with Gasteiger partial charge in [-0.25, -0.2) is 14.2 Å². The molecule has 2 aromatic rings. The highest BCUT2D eigenvalue weighted by Crippen LogP contribution is 2.23. The van der Waals surface area contributed by atoms with Gasteiger partial charge in [0.05, 0.1) is 18.5 Å². The van der Waals surface area contributed by atoms with Gasteiger partial charge in [0.2, 0.25) is 0 Å². The first-order chi connectivity index (χ1) is 9.60. The summed E-state index contributed by atoms with van der Waals surface area (Å²) in [6, 6.07) is 7.43. The van der Waals surface area contributed by atoms with Crippen LogP contribution in [-0.4, -0.2) is 22.7 Å². The standard InChI is InChI=1S/C14H13FN2O3/c1-2-20-13-6-4-9(7-11(13)15)17-10-3-5-12(14(18)19)16-8-10/h3-8,17H,2H2,1H3,(H,18,19). The predicted molar refractivity (Wildman–Crippen MR) is 72.0 cm³/mol. The Bertz CT molecular complexity index is 614. The largest absolute Gasteiger partial charge is 0.491 e. The van der Waals surface area contributed by atoms with Crippen molar-refractivity contribution in [1.29, 1.82) is 0 Å². The Morgan fingerprint density at radius 2 is 2.10 bits per heavy atom. The number of hydrogen-bond acceptors (Lipinski definition) is 4. The number of carbonyl (C=O) groups is 1. The fourth-order valence-corrected chi connectivity index (χ4v) is 1.61. The zero-order chi connectivity index (χ0) is 14.5. The van der Waals surface area contributed by atoms with Crippen molar-refractivity contribution in [2.45, 2.75) is 6.92 Å². The lowest BCUT2D eigenvalue weighted by atomic mass is 10.2. The van der Waals surface area contributed by atoms with Gasteiger partial charge in [-0.15, -0.1) is 0 Å². The van der Waals surface area contributed by atoms with Crippen LogP contribution in [0, 0.1) is 5.82 Å². The first-order valence-corrected chi connectivity index (χ1v) is 5.99. The average molecular weight is 276 g/mol. The van der Waals surface area contributed by atoms with Gasteiger partial charge in [0.15, 0.2) is 11.6 Å². The lowest BCUT2D eigenvalue weighted by Gasteiger charge is -2.09. The van der Waals surface area contributed by atoms with Gasteiger partial charge >= 0.3 is 5.97 Å². The van der Waals surface area contributed by atoms with Crippen LogP contribution in [0.25, 0.3) is 0 Å². The molecule has 5 nitrogen and oxygen atoms in total. The third-order valence-corrected chi connectivity index (χ3v) is 2.50. The molecule has 0 saturated heterocycles. The van der Waals surface area contributed by atoms with Crippen LogP contribution in [0.3, 0.4) is 0 Å². The molecule has 0 saturated carbocycles. The fraction of sp³-hybridized carbons (Fsp3) is 0.143. The van der Waals surface area contributed by atoms with Gasteiger partial charge in [-0.3, -0.25) is 0 Å². The van der Waals surface area contributed by atoms with Crippen LogP contribution in [0.4, 0.5) is 15.8 Å². The zero-order valence-corrected chi connectivity index (χ0v) is 10.8. The molecule has 2 N–H and O–H groups in total. The van der Waals surface area contributed by atoms with Gasteiger partial charge in [0, 0.05) is 11.8 Å². The third-order valence-electron chi connectivity index (χ3n) is 2.50. The molecule has 1 aromatic heterocycles. The van der Waals surface area contributed by atoms with E-state index in [9.17, 15) is 9.18 Å². The normalized spacial score (nSPS) is 10.1. The Balaban J connectivity index is 2.13. The number of carboxylic acid groups (broad SMARTS) is 1. The van der Waals surface area contributed by atoms with E-state index < -0.39 is 11.8 Å². The van der Waals surface area contributed by atoms with Crippen molar-refractivity contribution in [3.05, 3.63) is 48.0 Å². The second-order valence-electron chi connectivity index (χ2n) is 3.94. The molecule has 0 radical (unpaired) electrons. The van der Waals surface area contributed by atoms with Crippen molar-refractivity contribution in [2.24, 2.45) is 0 Å². The first kappa shape index (κ1) is 13.8. The minimum absolute atomic E-state index is 0.0478. The minimum Gasteiger partial charge on any atom is -0.491 e. The van der Waals surface area contributed by atoms with Gasteiger partial charge in [-0.05, 0) is 31.2 Å². The quantitative estimate of drug-likeness (QED) is 0.878. The topological polar surface area (TPSA) is 71.5 Å². The smallest absolute Gasteiger partial charge is 0.354 e. The number of anilines is 2.